The normalized spacial score (nSPS) is 10.3. The van der Waals surface area contributed by atoms with Crippen molar-refractivity contribution in [3.63, 3.8) is 0 Å². The van der Waals surface area contributed by atoms with Crippen LogP contribution in [0.3, 0.4) is 0 Å². The maximum Gasteiger partial charge on any atom is 0.170 e. The molecule has 0 aliphatic rings. The van der Waals surface area contributed by atoms with Gasteiger partial charge in [0.15, 0.2) is 5.15 Å². The summed E-state index contributed by atoms with van der Waals surface area (Å²) in [6.07, 6.45) is 0. The first kappa shape index (κ1) is 8.59. The molecular formula is C8H4ClFN2S. The molecule has 0 spiro atoms. The molecule has 0 atom stereocenters. The Labute approximate surface area is 83.3 Å². The van der Waals surface area contributed by atoms with Gasteiger partial charge in [-0.2, -0.15) is 8.75 Å². The minimum atomic E-state index is -0.275. The Bertz CT molecular complexity index is 412. The second-order valence-corrected chi connectivity index (χ2v) is 3.30. The highest BCUT2D eigenvalue weighted by Gasteiger charge is 2.07. The second-order valence-electron chi connectivity index (χ2n) is 2.41. The fraction of sp³-hybridized carbons (Fsp3) is 0. The van der Waals surface area contributed by atoms with Crippen LogP contribution in [-0.2, 0) is 0 Å². The average molecular weight is 215 g/mol. The number of rotatable bonds is 1. The van der Waals surface area contributed by atoms with Gasteiger partial charge < -0.3 is 0 Å². The summed E-state index contributed by atoms with van der Waals surface area (Å²) in [6.45, 7) is 0. The lowest BCUT2D eigenvalue weighted by Gasteiger charge is -1.95. The quantitative estimate of drug-likeness (QED) is 0.729. The lowest BCUT2D eigenvalue weighted by Crippen LogP contribution is -1.79. The first-order chi connectivity index (χ1) is 6.27. The molecule has 0 saturated heterocycles. The molecule has 0 amide bonds. The van der Waals surface area contributed by atoms with E-state index in [9.17, 15) is 4.39 Å². The summed E-state index contributed by atoms with van der Waals surface area (Å²) < 4.78 is 20.4. The minimum Gasteiger partial charge on any atom is -0.207 e. The third-order valence-corrected chi connectivity index (χ3v) is 2.46. The third-order valence-electron chi connectivity index (χ3n) is 1.57. The van der Waals surface area contributed by atoms with Gasteiger partial charge in [0, 0.05) is 5.56 Å². The maximum absolute atomic E-state index is 12.6. The SMILES string of the molecule is Fc1ccc(-c2nsnc2Cl)cc1. The van der Waals surface area contributed by atoms with E-state index >= 15 is 0 Å². The van der Waals surface area contributed by atoms with E-state index in [0.717, 1.165) is 17.3 Å². The van der Waals surface area contributed by atoms with E-state index < -0.39 is 0 Å². The summed E-state index contributed by atoms with van der Waals surface area (Å²) >= 11 is 6.80. The fourth-order valence-corrected chi connectivity index (χ4v) is 1.72. The molecule has 13 heavy (non-hydrogen) atoms. The standard InChI is InChI=1S/C8H4ClFN2S/c9-8-7(11-13-12-8)5-1-3-6(10)4-2-5/h1-4H. The van der Waals surface area contributed by atoms with Gasteiger partial charge >= 0.3 is 0 Å². The molecule has 0 unspecified atom stereocenters. The zero-order valence-corrected chi connectivity index (χ0v) is 7.94. The molecule has 0 fully saturated rings. The lowest BCUT2D eigenvalue weighted by molar-refractivity contribution is 0.628. The van der Waals surface area contributed by atoms with Crippen LogP contribution in [0.25, 0.3) is 11.3 Å². The molecular weight excluding hydrogens is 211 g/mol. The number of benzene rings is 1. The van der Waals surface area contributed by atoms with Crippen molar-refractivity contribution in [3.05, 3.63) is 35.2 Å². The summed E-state index contributed by atoms with van der Waals surface area (Å²) in [6, 6.07) is 5.98. The predicted octanol–water partition coefficient (Wildman–Crippen LogP) is 3.00. The van der Waals surface area contributed by atoms with E-state index in [-0.39, 0.29) is 5.82 Å². The Morgan fingerprint density at radius 3 is 2.38 bits per heavy atom. The van der Waals surface area contributed by atoms with Gasteiger partial charge in [-0.25, -0.2) is 4.39 Å². The number of hydrogen-bond acceptors (Lipinski definition) is 3. The number of aromatic nitrogens is 2. The molecule has 2 rings (SSSR count). The molecule has 5 heteroatoms. The zero-order chi connectivity index (χ0) is 9.26. The molecule has 0 N–H and O–H groups in total. The van der Waals surface area contributed by atoms with Gasteiger partial charge in [-0.3, -0.25) is 0 Å². The summed E-state index contributed by atoms with van der Waals surface area (Å²) in [5.41, 5.74) is 1.38. The summed E-state index contributed by atoms with van der Waals surface area (Å²) in [7, 11) is 0. The van der Waals surface area contributed by atoms with Crippen LogP contribution in [0.5, 0.6) is 0 Å². The van der Waals surface area contributed by atoms with Crippen molar-refractivity contribution >= 4 is 23.3 Å². The molecule has 1 aromatic heterocycles. The van der Waals surface area contributed by atoms with Crippen LogP contribution in [0.1, 0.15) is 0 Å². The van der Waals surface area contributed by atoms with E-state index in [2.05, 4.69) is 8.75 Å². The Morgan fingerprint density at radius 2 is 1.85 bits per heavy atom. The summed E-state index contributed by atoms with van der Waals surface area (Å²) in [5, 5.41) is 0.358. The minimum absolute atomic E-state index is 0.275. The molecule has 0 aliphatic carbocycles. The Kier molecular flexibility index (Phi) is 2.24. The molecule has 2 aromatic rings. The maximum atomic E-state index is 12.6. The van der Waals surface area contributed by atoms with Gasteiger partial charge in [0.05, 0.1) is 11.7 Å². The van der Waals surface area contributed by atoms with Crippen LogP contribution in [0.2, 0.25) is 5.15 Å². The average Bonchev–Trinajstić information content (AvgIpc) is 2.53. The Balaban J connectivity index is 2.47. The molecule has 0 bridgehead atoms. The number of hydrogen-bond donors (Lipinski definition) is 0. The van der Waals surface area contributed by atoms with Crippen LogP contribution in [-0.4, -0.2) is 8.75 Å². The van der Waals surface area contributed by atoms with Crippen molar-refractivity contribution in [2.75, 3.05) is 0 Å². The largest absolute Gasteiger partial charge is 0.207 e. The van der Waals surface area contributed by atoms with Crippen LogP contribution < -0.4 is 0 Å². The first-order valence-corrected chi connectivity index (χ1v) is 4.62. The van der Waals surface area contributed by atoms with Gasteiger partial charge in [-0.05, 0) is 24.3 Å². The molecule has 0 saturated carbocycles. The van der Waals surface area contributed by atoms with Gasteiger partial charge in [0.25, 0.3) is 0 Å². The highest BCUT2D eigenvalue weighted by molar-refractivity contribution is 6.99. The molecule has 1 aromatic carbocycles. The number of halogens is 2. The number of nitrogens with zero attached hydrogens (tertiary/aromatic N) is 2. The molecule has 0 radical (unpaired) electrons. The molecule has 1 heterocycles. The van der Waals surface area contributed by atoms with Gasteiger partial charge in [0.2, 0.25) is 0 Å². The van der Waals surface area contributed by atoms with Crippen LogP contribution in [0, 0.1) is 5.82 Å². The first-order valence-electron chi connectivity index (χ1n) is 3.51. The van der Waals surface area contributed by atoms with Crippen molar-refractivity contribution in [3.8, 4) is 11.3 Å². The van der Waals surface area contributed by atoms with Crippen molar-refractivity contribution in [1.29, 1.82) is 0 Å². The Hall–Kier alpha value is -1.00. The molecule has 66 valence electrons. The topological polar surface area (TPSA) is 25.8 Å². The third kappa shape index (κ3) is 1.68. The lowest BCUT2D eigenvalue weighted by atomic mass is 10.2. The fourth-order valence-electron chi connectivity index (χ4n) is 0.958. The van der Waals surface area contributed by atoms with E-state index in [4.69, 9.17) is 11.6 Å². The summed E-state index contributed by atoms with van der Waals surface area (Å²) in [4.78, 5) is 0. The molecule has 2 nitrogen and oxygen atoms in total. The smallest absolute Gasteiger partial charge is 0.170 e. The van der Waals surface area contributed by atoms with E-state index in [1.54, 1.807) is 12.1 Å². The second kappa shape index (κ2) is 3.40. The van der Waals surface area contributed by atoms with Crippen LogP contribution in [0.15, 0.2) is 24.3 Å². The zero-order valence-electron chi connectivity index (χ0n) is 6.37. The van der Waals surface area contributed by atoms with Gasteiger partial charge in [0.1, 0.15) is 11.5 Å². The van der Waals surface area contributed by atoms with Gasteiger partial charge in [-0.1, -0.05) is 11.6 Å². The van der Waals surface area contributed by atoms with Crippen molar-refractivity contribution in [1.82, 2.24) is 8.75 Å². The van der Waals surface area contributed by atoms with Crippen molar-refractivity contribution < 1.29 is 4.39 Å². The highest BCUT2D eigenvalue weighted by atomic mass is 35.5. The summed E-state index contributed by atoms with van der Waals surface area (Å²) in [5.74, 6) is -0.275. The van der Waals surface area contributed by atoms with E-state index in [0.29, 0.717) is 10.8 Å². The van der Waals surface area contributed by atoms with E-state index in [1.165, 1.54) is 12.1 Å². The molecule has 0 aliphatic heterocycles. The van der Waals surface area contributed by atoms with Crippen molar-refractivity contribution in [2.24, 2.45) is 0 Å². The monoisotopic (exact) mass is 214 g/mol. The highest BCUT2D eigenvalue weighted by Crippen LogP contribution is 2.25. The predicted molar refractivity (Wildman–Crippen MR) is 50.3 cm³/mol. The van der Waals surface area contributed by atoms with Crippen molar-refractivity contribution in [2.45, 2.75) is 0 Å². The Morgan fingerprint density at radius 1 is 1.15 bits per heavy atom. The van der Waals surface area contributed by atoms with Crippen LogP contribution >= 0.6 is 23.3 Å². The van der Waals surface area contributed by atoms with E-state index in [1.807, 2.05) is 0 Å². The van der Waals surface area contributed by atoms with Gasteiger partial charge in [-0.15, -0.1) is 0 Å². The van der Waals surface area contributed by atoms with Crippen LogP contribution in [0.4, 0.5) is 4.39 Å².